The summed E-state index contributed by atoms with van der Waals surface area (Å²) in [5.74, 6) is 1.02. The molecule has 3 heterocycles. The molecule has 1 aromatic carbocycles. The number of ether oxygens (including phenoxy) is 1. The van der Waals surface area contributed by atoms with Crippen LogP contribution in [0.5, 0.6) is 0 Å². The highest BCUT2D eigenvalue weighted by Gasteiger charge is 2.18. The van der Waals surface area contributed by atoms with Crippen molar-refractivity contribution in [1.29, 1.82) is 0 Å². The molecule has 0 saturated carbocycles. The van der Waals surface area contributed by atoms with Crippen molar-refractivity contribution in [3.05, 3.63) is 60.6 Å². The maximum Gasteiger partial charge on any atom is 0.251 e. The van der Waals surface area contributed by atoms with E-state index in [-0.39, 0.29) is 5.91 Å². The van der Waals surface area contributed by atoms with Crippen molar-refractivity contribution in [2.45, 2.75) is 6.42 Å². The van der Waals surface area contributed by atoms with Crippen LogP contribution in [0.25, 0.3) is 33.9 Å². The van der Waals surface area contributed by atoms with Crippen molar-refractivity contribution in [2.24, 2.45) is 0 Å². The Kier molecular flexibility index (Phi) is 5.16. The molecule has 0 aliphatic rings. The predicted molar refractivity (Wildman–Crippen MR) is 104 cm³/mol. The van der Waals surface area contributed by atoms with Crippen LogP contribution in [0.3, 0.4) is 0 Å². The van der Waals surface area contributed by atoms with Crippen LogP contribution < -0.4 is 5.32 Å². The van der Waals surface area contributed by atoms with Crippen molar-refractivity contribution in [3.63, 3.8) is 0 Å². The van der Waals surface area contributed by atoms with Gasteiger partial charge in [0.05, 0.1) is 23.6 Å². The molecule has 142 valence electrons. The molecule has 1 amide bonds. The number of methoxy groups -OCH3 is 1. The zero-order chi connectivity index (χ0) is 19.3. The maximum atomic E-state index is 12.4. The summed E-state index contributed by atoms with van der Waals surface area (Å²) in [5.41, 5.74) is 2.94. The molecule has 0 unspecified atom stereocenters. The van der Waals surface area contributed by atoms with Crippen LogP contribution in [-0.4, -0.2) is 36.1 Å². The van der Waals surface area contributed by atoms with Crippen LogP contribution in [0.2, 0.25) is 0 Å². The van der Waals surface area contributed by atoms with Gasteiger partial charge in [0.25, 0.3) is 5.91 Å². The Labute approximate surface area is 161 Å². The largest absolute Gasteiger partial charge is 0.463 e. The van der Waals surface area contributed by atoms with Gasteiger partial charge in [-0.3, -0.25) is 4.79 Å². The Morgan fingerprint density at radius 1 is 1.00 bits per heavy atom. The average Bonchev–Trinajstić information content (AvgIpc) is 3.44. The Morgan fingerprint density at radius 3 is 2.29 bits per heavy atom. The summed E-state index contributed by atoms with van der Waals surface area (Å²) in [6.07, 6.45) is 3.92. The third kappa shape index (κ3) is 3.65. The van der Waals surface area contributed by atoms with Crippen molar-refractivity contribution in [2.75, 3.05) is 20.3 Å². The van der Waals surface area contributed by atoms with Gasteiger partial charge in [0, 0.05) is 25.8 Å². The Morgan fingerprint density at radius 2 is 1.68 bits per heavy atom. The van der Waals surface area contributed by atoms with E-state index in [1.165, 1.54) is 0 Å². The molecule has 0 atom stereocenters. The second-order valence-corrected chi connectivity index (χ2v) is 6.18. The van der Waals surface area contributed by atoms with Gasteiger partial charge in [-0.2, -0.15) is 0 Å². The lowest BCUT2D eigenvalue weighted by Crippen LogP contribution is -2.25. The fourth-order valence-corrected chi connectivity index (χ4v) is 2.89. The van der Waals surface area contributed by atoms with Crippen molar-refractivity contribution in [1.82, 2.24) is 15.3 Å². The van der Waals surface area contributed by atoms with E-state index >= 15 is 0 Å². The molecule has 0 saturated heterocycles. The van der Waals surface area contributed by atoms with Gasteiger partial charge in [0.15, 0.2) is 11.5 Å². The fraction of sp³-hybridized carbons (Fsp3) is 0.190. The number of benzene rings is 1. The summed E-state index contributed by atoms with van der Waals surface area (Å²) < 4.78 is 16.0. The van der Waals surface area contributed by atoms with Gasteiger partial charge >= 0.3 is 0 Å². The number of furan rings is 2. The zero-order valence-corrected chi connectivity index (χ0v) is 15.3. The van der Waals surface area contributed by atoms with Crippen LogP contribution in [0.4, 0.5) is 0 Å². The molecular formula is C21H19N3O4. The molecule has 4 aromatic rings. The van der Waals surface area contributed by atoms with Gasteiger partial charge < -0.3 is 18.9 Å². The number of hydrogen-bond acceptors (Lipinski definition) is 6. The minimum Gasteiger partial charge on any atom is -0.463 e. The number of nitrogens with zero attached hydrogens (tertiary/aromatic N) is 2. The summed E-state index contributed by atoms with van der Waals surface area (Å²) in [4.78, 5) is 21.8. The Hall–Kier alpha value is -3.45. The molecule has 0 radical (unpaired) electrons. The SMILES string of the molecule is COCCCNC(=O)c1ccc2nc(-c3ccco3)c(-c3ccco3)nc2c1. The second-order valence-electron chi connectivity index (χ2n) is 6.18. The standard InChI is InChI=1S/C21H19N3O4/c1-26-10-4-9-22-21(25)14-7-8-15-16(13-14)24-20(18-6-3-12-28-18)19(23-15)17-5-2-11-27-17/h2-3,5-8,11-13H,4,9-10H2,1H3,(H,22,25). The molecule has 7 heteroatoms. The van der Waals surface area contributed by atoms with Crippen molar-refractivity contribution >= 4 is 16.9 Å². The zero-order valence-electron chi connectivity index (χ0n) is 15.3. The van der Waals surface area contributed by atoms with Gasteiger partial charge in [-0.1, -0.05) is 0 Å². The lowest BCUT2D eigenvalue weighted by Gasteiger charge is -2.08. The summed E-state index contributed by atoms with van der Waals surface area (Å²) in [6.45, 7) is 1.15. The lowest BCUT2D eigenvalue weighted by atomic mass is 10.1. The molecule has 0 spiro atoms. The van der Waals surface area contributed by atoms with Gasteiger partial charge in [0.1, 0.15) is 11.4 Å². The fourth-order valence-electron chi connectivity index (χ4n) is 2.89. The third-order valence-corrected chi connectivity index (χ3v) is 4.25. The summed E-state index contributed by atoms with van der Waals surface area (Å²) in [6, 6.07) is 12.5. The van der Waals surface area contributed by atoms with E-state index in [2.05, 4.69) is 5.32 Å². The number of carbonyl (C=O) groups is 1. The molecule has 1 N–H and O–H groups in total. The first kappa shape index (κ1) is 17.9. The Bertz CT molecular complexity index is 1070. The minimum absolute atomic E-state index is 0.158. The summed E-state index contributed by atoms with van der Waals surface area (Å²) in [5, 5.41) is 2.87. The molecule has 0 aliphatic carbocycles. The van der Waals surface area contributed by atoms with E-state index in [1.807, 2.05) is 12.1 Å². The molecule has 0 aliphatic heterocycles. The first-order valence-electron chi connectivity index (χ1n) is 8.93. The highest BCUT2D eigenvalue weighted by molar-refractivity contribution is 5.97. The molecule has 28 heavy (non-hydrogen) atoms. The van der Waals surface area contributed by atoms with Crippen LogP contribution >= 0.6 is 0 Å². The molecule has 0 bridgehead atoms. The highest BCUT2D eigenvalue weighted by Crippen LogP contribution is 2.31. The second kappa shape index (κ2) is 8.06. The van der Waals surface area contributed by atoms with E-state index in [0.29, 0.717) is 52.7 Å². The van der Waals surface area contributed by atoms with Gasteiger partial charge in [-0.15, -0.1) is 0 Å². The highest BCUT2D eigenvalue weighted by atomic mass is 16.5. The van der Waals surface area contributed by atoms with Crippen molar-refractivity contribution in [3.8, 4) is 22.9 Å². The van der Waals surface area contributed by atoms with E-state index in [4.69, 9.17) is 23.5 Å². The number of carbonyl (C=O) groups excluding carboxylic acids is 1. The number of nitrogens with one attached hydrogen (secondary N) is 1. The van der Waals surface area contributed by atoms with Gasteiger partial charge in [-0.05, 0) is 48.9 Å². The first-order chi connectivity index (χ1) is 13.8. The molecule has 3 aromatic heterocycles. The smallest absolute Gasteiger partial charge is 0.251 e. The first-order valence-corrected chi connectivity index (χ1v) is 8.93. The van der Waals surface area contributed by atoms with Crippen LogP contribution in [0.15, 0.2) is 63.8 Å². The van der Waals surface area contributed by atoms with Crippen LogP contribution in [-0.2, 0) is 4.74 Å². The molecular weight excluding hydrogens is 358 g/mol. The van der Waals surface area contributed by atoms with Gasteiger partial charge in [0.2, 0.25) is 0 Å². The minimum atomic E-state index is -0.158. The van der Waals surface area contributed by atoms with Crippen LogP contribution in [0, 0.1) is 0 Å². The molecule has 4 rings (SSSR count). The number of rotatable bonds is 7. The van der Waals surface area contributed by atoms with E-state index in [0.717, 1.165) is 6.42 Å². The summed E-state index contributed by atoms with van der Waals surface area (Å²) >= 11 is 0. The topological polar surface area (TPSA) is 90.4 Å². The Balaban J connectivity index is 1.71. The van der Waals surface area contributed by atoms with Crippen LogP contribution in [0.1, 0.15) is 16.8 Å². The monoisotopic (exact) mass is 377 g/mol. The number of amides is 1. The lowest BCUT2D eigenvalue weighted by molar-refractivity contribution is 0.0948. The molecule has 7 nitrogen and oxygen atoms in total. The average molecular weight is 377 g/mol. The predicted octanol–water partition coefficient (Wildman–Crippen LogP) is 3.92. The van der Waals surface area contributed by atoms with E-state index in [9.17, 15) is 4.79 Å². The number of hydrogen-bond donors (Lipinski definition) is 1. The number of fused-ring (bicyclic) bond motifs is 1. The normalized spacial score (nSPS) is 11.0. The van der Waals surface area contributed by atoms with E-state index in [1.54, 1.807) is 50.0 Å². The quantitative estimate of drug-likeness (QED) is 0.491. The van der Waals surface area contributed by atoms with Crippen molar-refractivity contribution < 1.29 is 18.4 Å². The summed E-state index contributed by atoms with van der Waals surface area (Å²) in [7, 11) is 1.64. The third-order valence-electron chi connectivity index (χ3n) is 4.25. The van der Waals surface area contributed by atoms with E-state index < -0.39 is 0 Å². The number of aromatic nitrogens is 2. The maximum absolute atomic E-state index is 12.4. The van der Waals surface area contributed by atoms with Gasteiger partial charge in [-0.25, -0.2) is 9.97 Å². The molecule has 0 fully saturated rings.